The summed E-state index contributed by atoms with van der Waals surface area (Å²) in [5, 5.41) is 1.27. The van der Waals surface area contributed by atoms with Crippen LogP contribution in [0.4, 0.5) is 5.69 Å². The second kappa shape index (κ2) is 6.59. The molecule has 4 rings (SSSR count). The Morgan fingerprint density at radius 2 is 1.77 bits per heavy atom. The maximum Gasteiger partial charge on any atom is 0.0361 e. The van der Waals surface area contributed by atoms with Crippen LogP contribution in [0.5, 0.6) is 0 Å². The van der Waals surface area contributed by atoms with Crippen molar-refractivity contribution in [2.24, 2.45) is 0 Å². The van der Waals surface area contributed by atoms with Gasteiger partial charge in [0.2, 0.25) is 0 Å². The Morgan fingerprint density at radius 3 is 2.41 bits per heavy atom. The second-order valence-electron chi connectivity index (χ2n) is 5.57. The van der Waals surface area contributed by atoms with E-state index in [1.165, 1.54) is 39.8 Å². The van der Waals surface area contributed by atoms with Gasteiger partial charge in [0.25, 0.3) is 0 Å². The third-order valence-corrected chi connectivity index (χ3v) is 4.84. The molecule has 2 N–H and O–H groups in total. The van der Waals surface area contributed by atoms with E-state index in [4.69, 9.17) is 18.0 Å². The van der Waals surface area contributed by atoms with Crippen LogP contribution in [0, 0.1) is 0 Å². The van der Waals surface area contributed by atoms with Gasteiger partial charge in [0.05, 0.1) is 0 Å². The molecule has 0 aliphatic heterocycles. The monoisotopic (exact) mass is 325 g/mol. The highest BCUT2D eigenvalue weighted by Crippen LogP contribution is 2.36. The Hall–Kier alpha value is -1.71. The summed E-state index contributed by atoms with van der Waals surface area (Å²) in [6, 6.07) is 16.6. The van der Waals surface area contributed by atoms with Crippen molar-refractivity contribution in [2.75, 3.05) is 5.73 Å². The van der Waals surface area contributed by atoms with E-state index in [-0.39, 0.29) is 0 Å². The van der Waals surface area contributed by atoms with Gasteiger partial charge < -0.3 is 5.73 Å². The molecule has 0 unspecified atom stereocenters. The summed E-state index contributed by atoms with van der Waals surface area (Å²) in [5.74, 6) is 0. The lowest BCUT2D eigenvalue weighted by molar-refractivity contribution is 1.50. The van der Waals surface area contributed by atoms with E-state index in [1.54, 1.807) is 11.3 Å². The van der Waals surface area contributed by atoms with E-state index in [9.17, 15) is 0 Å². The fourth-order valence-corrected chi connectivity index (χ4v) is 3.45. The SMILES string of the molecule is C1CC1.CC(=S)c1cc(N)ccc1-c1cc2ccccc2s1. The standard InChI is InChI=1S/C16H13NS2.C3H6/c1-10(18)14-9-12(17)6-7-13(14)16-8-11-4-2-3-5-15(11)19-16;1-2-3-1/h2-9H,17H2,1H3;1-3H2. The molecule has 0 amide bonds. The average molecular weight is 326 g/mol. The molecule has 1 saturated carbocycles. The van der Waals surface area contributed by atoms with Gasteiger partial charge in [-0.1, -0.05) is 55.7 Å². The maximum absolute atomic E-state index is 5.86. The molecule has 112 valence electrons. The third kappa shape index (κ3) is 3.54. The molecular weight excluding hydrogens is 306 g/mol. The number of fused-ring (bicyclic) bond motifs is 1. The first-order valence-corrected chi connectivity index (χ1v) is 8.77. The summed E-state index contributed by atoms with van der Waals surface area (Å²) in [7, 11) is 0. The van der Waals surface area contributed by atoms with Gasteiger partial charge in [-0.05, 0) is 42.1 Å². The normalized spacial score (nSPS) is 12.6. The number of hydrogen-bond donors (Lipinski definition) is 1. The van der Waals surface area contributed by atoms with Crippen molar-refractivity contribution in [1.29, 1.82) is 0 Å². The summed E-state index contributed by atoms with van der Waals surface area (Å²) in [5.41, 5.74) is 8.84. The molecule has 0 atom stereocenters. The lowest BCUT2D eigenvalue weighted by Gasteiger charge is -2.07. The second-order valence-corrected chi connectivity index (χ2v) is 7.27. The molecule has 0 radical (unpaired) electrons. The lowest BCUT2D eigenvalue weighted by atomic mass is 10.0. The molecule has 22 heavy (non-hydrogen) atoms. The number of rotatable bonds is 2. The molecule has 2 aromatic carbocycles. The maximum atomic E-state index is 5.86. The van der Waals surface area contributed by atoms with E-state index in [1.807, 2.05) is 19.1 Å². The predicted molar refractivity (Wildman–Crippen MR) is 103 cm³/mol. The van der Waals surface area contributed by atoms with Crippen LogP contribution < -0.4 is 5.73 Å². The Balaban J connectivity index is 0.000000429. The Labute approximate surface area is 140 Å². The first-order chi connectivity index (χ1) is 10.6. The zero-order chi connectivity index (χ0) is 15.5. The molecular formula is C19H19NS2. The molecule has 1 aliphatic rings. The molecule has 1 aliphatic carbocycles. The summed E-state index contributed by atoms with van der Waals surface area (Å²) in [4.78, 5) is 2.11. The number of nitrogens with two attached hydrogens (primary N) is 1. The molecule has 0 bridgehead atoms. The van der Waals surface area contributed by atoms with E-state index < -0.39 is 0 Å². The lowest BCUT2D eigenvalue weighted by Crippen LogP contribution is -1.96. The summed E-state index contributed by atoms with van der Waals surface area (Å²) < 4.78 is 1.29. The van der Waals surface area contributed by atoms with Gasteiger partial charge in [0.1, 0.15) is 0 Å². The van der Waals surface area contributed by atoms with Crippen molar-refractivity contribution in [2.45, 2.75) is 26.2 Å². The highest BCUT2D eigenvalue weighted by Gasteiger charge is 2.10. The van der Waals surface area contributed by atoms with Crippen molar-refractivity contribution < 1.29 is 0 Å². The largest absolute Gasteiger partial charge is 0.399 e. The number of thiophene rings is 1. The zero-order valence-corrected chi connectivity index (χ0v) is 14.3. The fourth-order valence-electron chi connectivity index (χ4n) is 2.18. The van der Waals surface area contributed by atoms with E-state index >= 15 is 0 Å². The molecule has 1 heterocycles. The van der Waals surface area contributed by atoms with Gasteiger partial charge in [-0.2, -0.15) is 0 Å². The number of nitrogen functional groups attached to an aromatic ring is 1. The summed E-state index contributed by atoms with van der Waals surface area (Å²) in [6.45, 7) is 1.95. The number of benzene rings is 2. The van der Waals surface area contributed by atoms with Crippen molar-refractivity contribution in [3.05, 3.63) is 54.1 Å². The smallest absolute Gasteiger partial charge is 0.0361 e. The van der Waals surface area contributed by atoms with Crippen LogP contribution >= 0.6 is 23.6 Å². The Morgan fingerprint density at radius 1 is 1.05 bits per heavy atom. The van der Waals surface area contributed by atoms with Gasteiger partial charge in [0, 0.05) is 25.7 Å². The van der Waals surface area contributed by atoms with Gasteiger partial charge >= 0.3 is 0 Å². The van der Waals surface area contributed by atoms with Crippen LogP contribution in [-0.2, 0) is 0 Å². The topological polar surface area (TPSA) is 26.0 Å². The van der Waals surface area contributed by atoms with Gasteiger partial charge in [0.15, 0.2) is 0 Å². The molecule has 1 fully saturated rings. The van der Waals surface area contributed by atoms with Crippen molar-refractivity contribution in [3.63, 3.8) is 0 Å². The van der Waals surface area contributed by atoms with Crippen LogP contribution in [0.1, 0.15) is 31.7 Å². The number of thiocarbonyl (C=S) groups is 1. The molecule has 0 saturated heterocycles. The van der Waals surface area contributed by atoms with E-state index in [2.05, 4.69) is 36.4 Å². The van der Waals surface area contributed by atoms with Crippen molar-refractivity contribution in [1.82, 2.24) is 0 Å². The molecule has 1 nitrogen and oxygen atoms in total. The highest BCUT2D eigenvalue weighted by molar-refractivity contribution is 7.80. The third-order valence-electron chi connectivity index (χ3n) is 3.47. The minimum Gasteiger partial charge on any atom is -0.399 e. The summed E-state index contributed by atoms with van der Waals surface area (Å²) in [6.07, 6.45) is 4.50. The van der Waals surface area contributed by atoms with Crippen molar-refractivity contribution in [3.8, 4) is 10.4 Å². The quantitative estimate of drug-likeness (QED) is 0.352. The van der Waals surface area contributed by atoms with E-state index in [0.29, 0.717) is 0 Å². The van der Waals surface area contributed by atoms with Crippen molar-refractivity contribution >= 4 is 44.2 Å². The van der Waals surface area contributed by atoms with Gasteiger partial charge in [-0.3, -0.25) is 0 Å². The van der Waals surface area contributed by atoms with Crippen LogP contribution in [-0.4, -0.2) is 4.86 Å². The number of hydrogen-bond acceptors (Lipinski definition) is 3. The van der Waals surface area contributed by atoms with Crippen LogP contribution in [0.3, 0.4) is 0 Å². The van der Waals surface area contributed by atoms with Crippen LogP contribution in [0.25, 0.3) is 20.5 Å². The van der Waals surface area contributed by atoms with Crippen LogP contribution in [0.15, 0.2) is 48.5 Å². The first-order valence-electron chi connectivity index (χ1n) is 7.54. The predicted octanol–water partition coefficient (Wildman–Crippen LogP) is 6.06. The molecule has 0 spiro atoms. The summed E-state index contributed by atoms with van der Waals surface area (Å²) >= 11 is 7.13. The minimum absolute atomic E-state index is 0.754. The molecule has 3 aromatic rings. The van der Waals surface area contributed by atoms with E-state index in [0.717, 1.165) is 16.1 Å². The van der Waals surface area contributed by atoms with Crippen LogP contribution in [0.2, 0.25) is 0 Å². The zero-order valence-electron chi connectivity index (χ0n) is 12.6. The number of anilines is 1. The van der Waals surface area contributed by atoms with Gasteiger partial charge in [-0.25, -0.2) is 0 Å². The first kappa shape index (κ1) is 15.2. The van der Waals surface area contributed by atoms with Gasteiger partial charge in [-0.15, -0.1) is 11.3 Å². The Bertz CT molecular complexity index is 779. The Kier molecular flexibility index (Phi) is 4.55. The average Bonchev–Trinajstić information content (AvgIpc) is 3.33. The molecule has 3 heteroatoms. The fraction of sp³-hybridized carbons (Fsp3) is 0.211. The molecule has 1 aromatic heterocycles. The highest BCUT2D eigenvalue weighted by atomic mass is 32.1. The minimum atomic E-state index is 0.754.